The van der Waals surface area contributed by atoms with Gasteiger partial charge in [0.05, 0.1) is 11.5 Å². The number of hydrogen-bond acceptors (Lipinski definition) is 5. The molecule has 1 aliphatic rings. The summed E-state index contributed by atoms with van der Waals surface area (Å²) in [5, 5.41) is 20.2. The highest BCUT2D eigenvalue weighted by atomic mass is 16.6. The zero-order chi connectivity index (χ0) is 14.7. The monoisotopic (exact) mass is 280 g/mol. The summed E-state index contributed by atoms with van der Waals surface area (Å²) >= 11 is 0. The molecule has 2 rings (SSSR count). The largest absolute Gasteiger partial charge is 0.502 e. The summed E-state index contributed by atoms with van der Waals surface area (Å²) in [4.78, 5) is 24.1. The van der Waals surface area contributed by atoms with Crippen LogP contribution in [0.15, 0.2) is 18.2 Å². The third kappa shape index (κ3) is 2.88. The third-order valence-corrected chi connectivity index (χ3v) is 3.37. The summed E-state index contributed by atoms with van der Waals surface area (Å²) in [5.74, 6) is -0.732. The second-order valence-electron chi connectivity index (χ2n) is 4.71. The zero-order valence-electron chi connectivity index (χ0n) is 11.1. The van der Waals surface area contributed by atoms with E-state index in [1.807, 2.05) is 6.92 Å². The molecule has 1 atom stereocenters. The molecular weight excluding hydrogens is 264 g/mol. The Kier molecular flexibility index (Phi) is 4.19. The van der Waals surface area contributed by atoms with Crippen molar-refractivity contribution in [3.8, 4) is 5.75 Å². The van der Waals surface area contributed by atoms with Crippen molar-refractivity contribution in [1.29, 1.82) is 0 Å². The summed E-state index contributed by atoms with van der Waals surface area (Å²) in [6.45, 7) is 3.42. The highest BCUT2D eigenvalue weighted by Crippen LogP contribution is 2.27. The van der Waals surface area contributed by atoms with Crippen LogP contribution in [-0.4, -0.2) is 46.6 Å². The standard InChI is InChI=1S/C13H16N2O5/c1-9-4-6-20-7-5-14(9)13(17)10-2-3-12(16)11(8-10)15(18)19/h2-3,8-9,16H,4-7H2,1H3/t9-/m0/s1. The predicted molar refractivity (Wildman–Crippen MR) is 70.7 cm³/mol. The number of amides is 1. The van der Waals surface area contributed by atoms with Crippen LogP contribution >= 0.6 is 0 Å². The second kappa shape index (κ2) is 5.87. The molecule has 1 aromatic carbocycles. The van der Waals surface area contributed by atoms with E-state index < -0.39 is 16.4 Å². The first-order valence-corrected chi connectivity index (χ1v) is 6.37. The molecule has 108 valence electrons. The minimum atomic E-state index is -0.707. The third-order valence-electron chi connectivity index (χ3n) is 3.37. The quantitative estimate of drug-likeness (QED) is 0.655. The van der Waals surface area contributed by atoms with Gasteiger partial charge < -0.3 is 14.7 Å². The van der Waals surface area contributed by atoms with E-state index in [-0.39, 0.29) is 17.5 Å². The molecular formula is C13H16N2O5. The molecule has 0 bridgehead atoms. The number of phenols is 1. The van der Waals surface area contributed by atoms with E-state index in [2.05, 4.69) is 0 Å². The lowest BCUT2D eigenvalue weighted by Crippen LogP contribution is -2.39. The van der Waals surface area contributed by atoms with Gasteiger partial charge in [0.15, 0.2) is 5.75 Å². The van der Waals surface area contributed by atoms with Crippen molar-refractivity contribution in [2.24, 2.45) is 0 Å². The fourth-order valence-corrected chi connectivity index (χ4v) is 2.17. The van der Waals surface area contributed by atoms with Crippen LogP contribution in [0.2, 0.25) is 0 Å². The van der Waals surface area contributed by atoms with Gasteiger partial charge in [-0.15, -0.1) is 0 Å². The van der Waals surface area contributed by atoms with Crippen LogP contribution in [-0.2, 0) is 4.74 Å². The van der Waals surface area contributed by atoms with Gasteiger partial charge >= 0.3 is 5.69 Å². The van der Waals surface area contributed by atoms with Gasteiger partial charge in [-0.05, 0) is 25.5 Å². The number of carbonyl (C=O) groups excluding carboxylic acids is 1. The van der Waals surface area contributed by atoms with Gasteiger partial charge in [0.2, 0.25) is 0 Å². The minimum Gasteiger partial charge on any atom is -0.502 e. The highest BCUT2D eigenvalue weighted by Gasteiger charge is 2.25. The molecule has 1 aliphatic heterocycles. The lowest BCUT2D eigenvalue weighted by Gasteiger charge is -2.26. The molecule has 0 unspecified atom stereocenters. The fraction of sp³-hybridized carbons (Fsp3) is 0.462. The van der Waals surface area contributed by atoms with Crippen LogP contribution in [0.4, 0.5) is 5.69 Å². The van der Waals surface area contributed by atoms with Gasteiger partial charge in [0, 0.05) is 30.8 Å². The van der Waals surface area contributed by atoms with Crippen molar-refractivity contribution in [1.82, 2.24) is 4.90 Å². The lowest BCUT2D eigenvalue weighted by molar-refractivity contribution is -0.385. The molecule has 20 heavy (non-hydrogen) atoms. The second-order valence-corrected chi connectivity index (χ2v) is 4.71. The molecule has 1 N–H and O–H groups in total. The maximum Gasteiger partial charge on any atom is 0.311 e. The minimum absolute atomic E-state index is 0.0119. The van der Waals surface area contributed by atoms with Crippen molar-refractivity contribution < 1.29 is 19.6 Å². The Balaban J connectivity index is 2.28. The Hall–Kier alpha value is -2.15. The SMILES string of the molecule is C[C@H]1CCOCCN1C(=O)c1ccc(O)c([N+](=O)[O-])c1. The highest BCUT2D eigenvalue weighted by molar-refractivity contribution is 5.95. The molecule has 0 saturated carbocycles. The molecule has 0 aliphatic carbocycles. The first-order valence-electron chi connectivity index (χ1n) is 6.37. The zero-order valence-corrected chi connectivity index (χ0v) is 11.1. The number of benzene rings is 1. The van der Waals surface area contributed by atoms with Crippen LogP contribution in [0.5, 0.6) is 5.75 Å². The van der Waals surface area contributed by atoms with Crippen LogP contribution in [0.25, 0.3) is 0 Å². The molecule has 0 radical (unpaired) electrons. The summed E-state index contributed by atoms with van der Waals surface area (Å²) in [5.41, 5.74) is -0.266. The first kappa shape index (κ1) is 14.3. The Morgan fingerprint density at radius 1 is 1.50 bits per heavy atom. The van der Waals surface area contributed by atoms with Gasteiger partial charge in [0.25, 0.3) is 5.91 Å². The Morgan fingerprint density at radius 3 is 2.95 bits per heavy atom. The number of rotatable bonds is 2. The molecule has 1 aromatic rings. The van der Waals surface area contributed by atoms with Crippen molar-refractivity contribution in [3.05, 3.63) is 33.9 Å². The van der Waals surface area contributed by atoms with Gasteiger partial charge in [-0.3, -0.25) is 14.9 Å². The number of phenolic OH excluding ortho intramolecular Hbond substituents is 1. The van der Waals surface area contributed by atoms with E-state index in [9.17, 15) is 20.0 Å². The number of carbonyl (C=O) groups is 1. The predicted octanol–water partition coefficient (Wildman–Crippen LogP) is 1.55. The molecule has 1 heterocycles. The van der Waals surface area contributed by atoms with E-state index in [4.69, 9.17) is 4.74 Å². The topological polar surface area (TPSA) is 92.9 Å². The van der Waals surface area contributed by atoms with E-state index in [1.54, 1.807) is 4.90 Å². The molecule has 7 nitrogen and oxygen atoms in total. The fourth-order valence-electron chi connectivity index (χ4n) is 2.17. The van der Waals surface area contributed by atoms with E-state index in [1.165, 1.54) is 12.1 Å². The summed E-state index contributed by atoms with van der Waals surface area (Å²) < 4.78 is 5.32. The number of ether oxygens (including phenoxy) is 1. The molecule has 7 heteroatoms. The van der Waals surface area contributed by atoms with Crippen LogP contribution in [0.1, 0.15) is 23.7 Å². The number of nitro groups is 1. The molecule has 0 spiro atoms. The van der Waals surface area contributed by atoms with E-state index in [0.29, 0.717) is 19.8 Å². The summed E-state index contributed by atoms with van der Waals surface area (Å²) in [7, 11) is 0. The number of hydrogen-bond donors (Lipinski definition) is 1. The van der Waals surface area contributed by atoms with Gasteiger partial charge in [-0.1, -0.05) is 0 Å². The summed E-state index contributed by atoms with van der Waals surface area (Å²) in [6.07, 6.45) is 0.728. The van der Waals surface area contributed by atoms with Crippen molar-refractivity contribution in [2.75, 3.05) is 19.8 Å². The average molecular weight is 280 g/mol. The van der Waals surface area contributed by atoms with Gasteiger partial charge in [-0.2, -0.15) is 0 Å². The van der Waals surface area contributed by atoms with Crippen LogP contribution in [0.3, 0.4) is 0 Å². The maximum absolute atomic E-state index is 12.4. The smallest absolute Gasteiger partial charge is 0.311 e. The van der Waals surface area contributed by atoms with E-state index in [0.717, 1.165) is 12.5 Å². The summed E-state index contributed by atoms with van der Waals surface area (Å²) in [6, 6.07) is 3.68. The Labute approximate surface area is 115 Å². The lowest BCUT2D eigenvalue weighted by atomic mass is 10.1. The van der Waals surface area contributed by atoms with Crippen LogP contribution < -0.4 is 0 Å². The number of nitrogens with zero attached hydrogens (tertiary/aromatic N) is 2. The molecule has 1 saturated heterocycles. The number of aromatic hydroxyl groups is 1. The molecule has 1 amide bonds. The van der Waals surface area contributed by atoms with E-state index >= 15 is 0 Å². The Morgan fingerprint density at radius 2 is 2.25 bits per heavy atom. The van der Waals surface area contributed by atoms with Gasteiger partial charge in [0.1, 0.15) is 0 Å². The normalized spacial score (nSPS) is 19.4. The van der Waals surface area contributed by atoms with Crippen molar-refractivity contribution in [3.63, 3.8) is 0 Å². The average Bonchev–Trinajstić information content (AvgIpc) is 2.63. The molecule has 0 aromatic heterocycles. The van der Waals surface area contributed by atoms with Crippen molar-refractivity contribution >= 4 is 11.6 Å². The maximum atomic E-state index is 12.4. The molecule has 1 fully saturated rings. The Bertz CT molecular complexity index is 531. The number of nitro benzene ring substituents is 1. The van der Waals surface area contributed by atoms with Gasteiger partial charge in [-0.25, -0.2) is 0 Å². The first-order chi connectivity index (χ1) is 9.50. The van der Waals surface area contributed by atoms with Crippen molar-refractivity contribution in [2.45, 2.75) is 19.4 Å². The van der Waals surface area contributed by atoms with Crippen LogP contribution in [0, 0.1) is 10.1 Å².